The molecular weight excluding hydrogens is 476 g/mol. The van der Waals surface area contributed by atoms with Crippen molar-refractivity contribution >= 4 is 54.6 Å². The average molecular weight is 494 g/mol. The fourth-order valence-electron chi connectivity index (χ4n) is 4.35. The lowest BCUT2D eigenvalue weighted by molar-refractivity contribution is 0.0864. The van der Waals surface area contributed by atoms with Crippen LogP contribution >= 0.6 is 38.9 Å². The van der Waals surface area contributed by atoms with Gasteiger partial charge in [-0.25, -0.2) is 13.1 Å². The molecule has 2 heterocycles. The predicted molar refractivity (Wildman–Crippen MR) is 107 cm³/mol. The van der Waals surface area contributed by atoms with Gasteiger partial charge in [0.2, 0.25) is 0 Å². The number of nitrogens with one attached hydrogen (secondary N) is 1. The van der Waals surface area contributed by atoms with Crippen LogP contribution < -0.4 is 5.32 Å². The Morgan fingerprint density at radius 1 is 1.56 bits per heavy atom. The molecule has 2 fully saturated rings. The molecule has 27 heavy (non-hydrogen) atoms. The standard InChI is InChI=1S/C16H18BrClN4O3S2/c1-27(24,25)8-10-6-22(21-20-10)12-4-9-2-3-16(12,5-9)19-15(23)11-7-26-14(17)13(11)18/h6-7,9,12H,2-5,8H2,1H3,(H,19,23)/t9-,12-,16+/m1/s1. The molecule has 1 amide bonds. The summed E-state index contributed by atoms with van der Waals surface area (Å²) < 4.78 is 25.5. The van der Waals surface area contributed by atoms with E-state index >= 15 is 0 Å². The number of carbonyl (C=O) groups excluding carboxylic acids is 1. The fourth-order valence-corrected chi connectivity index (χ4v) is 6.51. The van der Waals surface area contributed by atoms with Crippen LogP contribution in [0.2, 0.25) is 5.02 Å². The van der Waals surface area contributed by atoms with Gasteiger partial charge < -0.3 is 5.32 Å². The van der Waals surface area contributed by atoms with Gasteiger partial charge in [0, 0.05) is 17.8 Å². The average Bonchev–Trinajstić information content (AvgIpc) is 3.31. The number of thiophene rings is 1. The Morgan fingerprint density at radius 2 is 2.33 bits per heavy atom. The molecule has 0 spiro atoms. The number of fused-ring (bicyclic) bond motifs is 2. The van der Waals surface area contributed by atoms with E-state index in [0.717, 1.165) is 29.5 Å². The van der Waals surface area contributed by atoms with Crippen LogP contribution in [-0.2, 0) is 15.6 Å². The second kappa shape index (κ2) is 6.82. The lowest BCUT2D eigenvalue weighted by Crippen LogP contribution is -2.51. The number of aromatic nitrogens is 3. The van der Waals surface area contributed by atoms with Gasteiger partial charge >= 0.3 is 0 Å². The van der Waals surface area contributed by atoms with Gasteiger partial charge in [0.25, 0.3) is 5.91 Å². The number of rotatable bonds is 5. The molecule has 2 aliphatic rings. The van der Waals surface area contributed by atoms with Crippen molar-refractivity contribution in [1.82, 2.24) is 20.3 Å². The first-order chi connectivity index (χ1) is 12.7. The van der Waals surface area contributed by atoms with Gasteiger partial charge in [-0.05, 0) is 47.5 Å². The normalized spacial score (nSPS) is 27.2. The van der Waals surface area contributed by atoms with Crippen LogP contribution in [-0.4, -0.2) is 41.1 Å². The van der Waals surface area contributed by atoms with Gasteiger partial charge in [0.15, 0.2) is 9.84 Å². The Kier molecular flexibility index (Phi) is 4.89. The molecule has 2 aromatic rings. The van der Waals surface area contributed by atoms with Crippen molar-refractivity contribution in [3.05, 3.63) is 31.6 Å². The highest BCUT2D eigenvalue weighted by Crippen LogP contribution is 2.53. The zero-order chi connectivity index (χ0) is 19.4. The van der Waals surface area contributed by atoms with Crippen LogP contribution in [0.1, 0.15) is 47.8 Å². The third kappa shape index (κ3) is 3.68. The molecule has 0 unspecified atom stereocenters. The molecule has 7 nitrogen and oxygen atoms in total. The van der Waals surface area contributed by atoms with Gasteiger partial charge in [-0.2, -0.15) is 0 Å². The molecule has 11 heteroatoms. The SMILES string of the molecule is CS(=O)(=O)Cc1cn([C@@H]2C[C@H]3CC[C@]2(NC(=O)c2csc(Br)c2Cl)C3)nn1. The van der Waals surface area contributed by atoms with Crippen molar-refractivity contribution in [1.29, 1.82) is 0 Å². The number of hydrogen-bond donors (Lipinski definition) is 1. The molecule has 0 radical (unpaired) electrons. The lowest BCUT2D eigenvalue weighted by Gasteiger charge is -2.35. The highest BCUT2D eigenvalue weighted by atomic mass is 79.9. The molecule has 0 aliphatic heterocycles. The molecule has 3 atom stereocenters. The number of carbonyl (C=O) groups is 1. The van der Waals surface area contributed by atoms with Crippen LogP contribution in [0.4, 0.5) is 0 Å². The second-order valence-electron chi connectivity index (χ2n) is 7.47. The van der Waals surface area contributed by atoms with E-state index in [1.807, 2.05) is 0 Å². The number of amides is 1. The van der Waals surface area contributed by atoms with Gasteiger partial charge in [0.05, 0.1) is 37.4 Å². The summed E-state index contributed by atoms with van der Waals surface area (Å²) >= 11 is 11.0. The van der Waals surface area contributed by atoms with Crippen LogP contribution in [0, 0.1) is 5.92 Å². The minimum atomic E-state index is -3.17. The topological polar surface area (TPSA) is 94.0 Å². The molecular formula is C16H18BrClN4O3S2. The van der Waals surface area contributed by atoms with E-state index in [4.69, 9.17) is 11.6 Å². The van der Waals surface area contributed by atoms with E-state index in [0.29, 0.717) is 22.2 Å². The highest BCUT2D eigenvalue weighted by Gasteiger charge is 2.54. The van der Waals surface area contributed by atoms with Crippen molar-refractivity contribution in [2.45, 2.75) is 43.0 Å². The zero-order valence-electron chi connectivity index (χ0n) is 14.5. The maximum Gasteiger partial charge on any atom is 0.254 e. The van der Waals surface area contributed by atoms with Crippen molar-refractivity contribution in [2.24, 2.45) is 5.92 Å². The summed E-state index contributed by atoms with van der Waals surface area (Å²) in [5, 5.41) is 13.6. The summed E-state index contributed by atoms with van der Waals surface area (Å²) in [4.78, 5) is 12.9. The Hall–Kier alpha value is -0.970. The number of hydrogen-bond acceptors (Lipinski definition) is 6. The summed E-state index contributed by atoms with van der Waals surface area (Å²) in [6, 6.07) is -0.0399. The lowest BCUT2D eigenvalue weighted by atomic mass is 9.88. The molecule has 2 saturated carbocycles. The first kappa shape index (κ1) is 19.4. The Balaban J connectivity index is 1.59. The van der Waals surface area contributed by atoms with E-state index in [2.05, 4.69) is 31.6 Å². The third-order valence-electron chi connectivity index (χ3n) is 5.43. The molecule has 2 aliphatic carbocycles. The van der Waals surface area contributed by atoms with Crippen LogP contribution in [0.15, 0.2) is 15.4 Å². The first-order valence-corrected chi connectivity index (χ1v) is 12.6. The Labute approximate surface area is 174 Å². The monoisotopic (exact) mass is 492 g/mol. The minimum Gasteiger partial charge on any atom is -0.344 e. The number of nitrogens with zero attached hydrogens (tertiary/aromatic N) is 3. The van der Waals surface area contributed by atoms with E-state index in [-0.39, 0.29) is 17.7 Å². The number of halogens is 2. The molecule has 4 rings (SSSR count). The van der Waals surface area contributed by atoms with Crippen LogP contribution in [0.5, 0.6) is 0 Å². The molecule has 0 saturated heterocycles. The van der Waals surface area contributed by atoms with E-state index in [1.54, 1.807) is 16.3 Å². The van der Waals surface area contributed by atoms with E-state index < -0.39 is 15.4 Å². The molecule has 0 aromatic carbocycles. The summed E-state index contributed by atoms with van der Waals surface area (Å²) in [5.41, 5.74) is 0.482. The predicted octanol–water partition coefficient (Wildman–Crippen LogP) is 3.21. The highest BCUT2D eigenvalue weighted by molar-refractivity contribution is 9.11. The smallest absolute Gasteiger partial charge is 0.254 e. The molecule has 2 aromatic heterocycles. The van der Waals surface area contributed by atoms with Crippen LogP contribution in [0.25, 0.3) is 0 Å². The van der Waals surface area contributed by atoms with Crippen molar-refractivity contribution in [2.75, 3.05) is 6.26 Å². The zero-order valence-corrected chi connectivity index (χ0v) is 18.5. The Morgan fingerprint density at radius 3 is 2.96 bits per heavy atom. The van der Waals surface area contributed by atoms with Gasteiger partial charge in [-0.15, -0.1) is 16.4 Å². The van der Waals surface area contributed by atoms with Crippen molar-refractivity contribution in [3.63, 3.8) is 0 Å². The summed E-state index contributed by atoms with van der Waals surface area (Å²) in [6.45, 7) is 0. The molecule has 146 valence electrons. The summed E-state index contributed by atoms with van der Waals surface area (Å²) in [7, 11) is -3.17. The Bertz CT molecular complexity index is 1010. The maximum absolute atomic E-state index is 12.9. The molecule has 2 bridgehead atoms. The van der Waals surface area contributed by atoms with Gasteiger partial charge in [0.1, 0.15) is 0 Å². The summed E-state index contributed by atoms with van der Waals surface area (Å²) in [5.74, 6) is 0.189. The van der Waals surface area contributed by atoms with Crippen molar-refractivity contribution in [3.8, 4) is 0 Å². The van der Waals surface area contributed by atoms with Gasteiger partial charge in [-0.3, -0.25) is 4.79 Å². The van der Waals surface area contributed by atoms with E-state index in [1.165, 1.54) is 17.6 Å². The van der Waals surface area contributed by atoms with Crippen LogP contribution in [0.3, 0.4) is 0 Å². The van der Waals surface area contributed by atoms with Gasteiger partial charge in [-0.1, -0.05) is 16.8 Å². The largest absolute Gasteiger partial charge is 0.344 e. The van der Waals surface area contributed by atoms with E-state index in [9.17, 15) is 13.2 Å². The quantitative estimate of drug-likeness (QED) is 0.690. The fraction of sp³-hybridized carbons (Fsp3) is 0.562. The maximum atomic E-state index is 12.9. The number of sulfone groups is 1. The second-order valence-corrected chi connectivity index (χ2v) is 12.2. The summed E-state index contributed by atoms with van der Waals surface area (Å²) in [6.07, 6.45) is 6.56. The first-order valence-electron chi connectivity index (χ1n) is 8.50. The third-order valence-corrected chi connectivity index (χ3v) is 8.70. The van der Waals surface area contributed by atoms with Crippen molar-refractivity contribution < 1.29 is 13.2 Å². The minimum absolute atomic E-state index is 0.0399. The molecule has 1 N–H and O–H groups in total.